The molecule has 168 valence electrons. The van der Waals surface area contributed by atoms with E-state index in [9.17, 15) is 4.39 Å². The molecule has 0 aliphatic heterocycles. The number of ether oxygens (including phenoxy) is 1. The van der Waals surface area contributed by atoms with Crippen molar-refractivity contribution in [1.29, 1.82) is 0 Å². The van der Waals surface area contributed by atoms with Gasteiger partial charge in [0.15, 0.2) is 0 Å². The molecule has 31 heavy (non-hydrogen) atoms. The van der Waals surface area contributed by atoms with Crippen molar-refractivity contribution in [1.82, 2.24) is 0 Å². The lowest BCUT2D eigenvalue weighted by Gasteiger charge is -2.42. The van der Waals surface area contributed by atoms with Crippen LogP contribution in [-0.2, 0) is 0 Å². The molecule has 4 unspecified atom stereocenters. The van der Waals surface area contributed by atoms with E-state index in [4.69, 9.17) is 4.74 Å². The topological polar surface area (TPSA) is 9.23 Å². The molecule has 4 rings (SSSR count). The number of rotatable bonds is 6. The summed E-state index contributed by atoms with van der Waals surface area (Å²) in [4.78, 5) is 0. The summed E-state index contributed by atoms with van der Waals surface area (Å²) in [6.07, 6.45) is 12.4. The number of hydrogen-bond acceptors (Lipinski definition) is 1. The van der Waals surface area contributed by atoms with Crippen LogP contribution < -0.4 is 4.74 Å². The van der Waals surface area contributed by atoms with E-state index in [1.54, 1.807) is 6.08 Å². The summed E-state index contributed by atoms with van der Waals surface area (Å²) in [6, 6.07) is 4.00. The third-order valence-electron chi connectivity index (χ3n) is 7.50. The second kappa shape index (κ2) is 9.67. The minimum atomic E-state index is -0.726. The zero-order valence-electron chi connectivity index (χ0n) is 18.6. The molecule has 4 atom stereocenters. The van der Waals surface area contributed by atoms with E-state index in [1.807, 2.05) is 13.0 Å². The van der Waals surface area contributed by atoms with E-state index in [-0.39, 0.29) is 34.6 Å². The molecule has 0 radical (unpaired) electrons. The predicted octanol–water partition coefficient (Wildman–Crippen LogP) is 8.31. The van der Waals surface area contributed by atoms with Crippen LogP contribution in [0.5, 0.6) is 5.75 Å². The molecule has 0 spiro atoms. The van der Waals surface area contributed by atoms with E-state index in [0.29, 0.717) is 11.8 Å². The van der Waals surface area contributed by atoms with Gasteiger partial charge in [-0.2, -0.15) is 0 Å². The largest absolute Gasteiger partial charge is 0.489 e. The summed E-state index contributed by atoms with van der Waals surface area (Å²) in [5, 5.41) is 0.0894. The van der Waals surface area contributed by atoms with Crippen LogP contribution in [0.15, 0.2) is 30.4 Å². The Labute approximate surface area is 183 Å². The molecule has 2 fully saturated rings. The highest BCUT2D eigenvalue weighted by Gasteiger charge is 2.37. The lowest BCUT2D eigenvalue weighted by molar-refractivity contribution is 0.112. The van der Waals surface area contributed by atoms with Crippen molar-refractivity contribution in [3.63, 3.8) is 0 Å². The van der Waals surface area contributed by atoms with Crippen molar-refractivity contribution in [2.24, 2.45) is 17.8 Å². The van der Waals surface area contributed by atoms with E-state index in [0.717, 1.165) is 31.6 Å². The summed E-state index contributed by atoms with van der Waals surface area (Å²) in [5.74, 6) is 0.164. The molecule has 2 aliphatic rings. The molecule has 0 saturated heterocycles. The van der Waals surface area contributed by atoms with Gasteiger partial charge in [-0.25, -0.2) is 13.2 Å². The first-order valence-corrected chi connectivity index (χ1v) is 11.9. The normalized spacial score (nSPS) is 26.4. The molecule has 2 aromatic carbocycles. The number of fused-ring (bicyclic) bond motifs is 2. The molecule has 0 amide bonds. The average Bonchev–Trinajstić information content (AvgIpc) is 2.73. The molecule has 4 heteroatoms. The summed E-state index contributed by atoms with van der Waals surface area (Å²) < 4.78 is 50.9. The first kappa shape index (κ1) is 22.2. The maximum Gasteiger partial charge on any atom is 0.140 e. The van der Waals surface area contributed by atoms with Crippen LogP contribution in [-0.4, -0.2) is 6.61 Å². The second-order valence-corrected chi connectivity index (χ2v) is 9.47. The SMILES string of the molecule is CC=CCOc1cc(F)c2c(F)c(C3CCC4CC(CCC)CCC4C3)c(F)cc2c1. The molecular weight excluding hydrogens is 397 g/mol. The minimum Gasteiger partial charge on any atom is -0.489 e. The Hall–Kier alpha value is -1.97. The summed E-state index contributed by atoms with van der Waals surface area (Å²) in [5.41, 5.74) is 0.0862. The van der Waals surface area contributed by atoms with Crippen LogP contribution in [0.4, 0.5) is 13.2 Å². The highest BCUT2D eigenvalue weighted by Crippen LogP contribution is 2.49. The molecule has 0 aromatic heterocycles. The van der Waals surface area contributed by atoms with Gasteiger partial charge in [-0.15, -0.1) is 0 Å². The number of allylic oxidation sites excluding steroid dienone is 1. The second-order valence-electron chi connectivity index (χ2n) is 9.47. The molecule has 0 bridgehead atoms. The van der Waals surface area contributed by atoms with E-state index in [1.165, 1.54) is 43.9 Å². The fraction of sp³-hybridized carbons (Fsp3) is 0.556. The Morgan fingerprint density at radius 2 is 1.74 bits per heavy atom. The highest BCUT2D eigenvalue weighted by atomic mass is 19.1. The van der Waals surface area contributed by atoms with Crippen molar-refractivity contribution in [2.45, 2.75) is 71.1 Å². The number of hydrogen-bond donors (Lipinski definition) is 0. The lowest BCUT2D eigenvalue weighted by Crippen LogP contribution is -2.31. The zero-order chi connectivity index (χ0) is 22.0. The third kappa shape index (κ3) is 4.63. The number of halogens is 3. The van der Waals surface area contributed by atoms with Crippen molar-refractivity contribution < 1.29 is 17.9 Å². The van der Waals surface area contributed by atoms with E-state index >= 15 is 8.78 Å². The molecule has 2 aliphatic carbocycles. The average molecular weight is 431 g/mol. The van der Waals surface area contributed by atoms with Crippen LogP contribution in [0.2, 0.25) is 0 Å². The fourth-order valence-electron chi connectivity index (χ4n) is 6.02. The van der Waals surface area contributed by atoms with Gasteiger partial charge < -0.3 is 4.74 Å². The Bertz CT molecular complexity index is 951. The third-order valence-corrected chi connectivity index (χ3v) is 7.50. The van der Waals surface area contributed by atoms with Gasteiger partial charge in [0.05, 0.1) is 5.39 Å². The Kier molecular flexibility index (Phi) is 6.93. The minimum absolute atomic E-state index is 0.0862. The lowest BCUT2D eigenvalue weighted by atomic mass is 9.63. The van der Waals surface area contributed by atoms with Gasteiger partial charge in [-0.1, -0.05) is 38.3 Å². The van der Waals surface area contributed by atoms with Gasteiger partial charge in [0.1, 0.15) is 29.8 Å². The van der Waals surface area contributed by atoms with Crippen LogP contribution in [0.1, 0.15) is 76.7 Å². The van der Waals surface area contributed by atoms with Gasteiger partial charge >= 0.3 is 0 Å². The summed E-state index contributed by atoms with van der Waals surface area (Å²) in [6.45, 7) is 4.39. The fourth-order valence-corrected chi connectivity index (χ4v) is 6.02. The van der Waals surface area contributed by atoms with Crippen LogP contribution in [0.25, 0.3) is 10.8 Å². The molecule has 0 heterocycles. The van der Waals surface area contributed by atoms with Crippen molar-refractivity contribution in [3.05, 3.63) is 53.4 Å². The molecular formula is C27H33F3O. The predicted molar refractivity (Wildman–Crippen MR) is 120 cm³/mol. The van der Waals surface area contributed by atoms with Crippen molar-refractivity contribution >= 4 is 10.8 Å². The van der Waals surface area contributed by atoms with Gasteiger partial charge in [-0.3, -0.25) is 0 Å². The number of benzene rings is 2. The monoisotopic (exact) mass is 430 g/mol. The smallest absolute Gasteiger partial charge is 0.140 e. The van der Waals surface area contributed by atoms with E-state index < -0.39 is 17.5 Å². The Morgan fingerprint density at radius 1 is 0.968 bits per heavy atom. The van der Waals surface area contributed by atoms with Gasteiger partial charge in [0, 0.05) is 11.6 Å². The Morgan fingerprint density at radius 3 is 2.52 bits per heavy atom. The van der Waals surface area contributed by atoms with Crippen molar-refractivity contribution in [3.8, 4) is 5.75 Å². The first-order valence-electron chi connectivity index (χ1n) is 11.9. The quantitative estimate of drug-likeness (QED) is 0.419. The summed E-state index contributed by atoms with van der Waals surface area (Å²) in [7, 11) is 0. The van der Waals surface area contributed by atoms with E-state index in [2.05, 4.69) is 6.92 Å². The van der Waals surface area contributed by atoms with Crippen LogP contribution in [0.3, 0.4) is 0 Å². The zero-order valence-corrected chi connectivity index (χ0v) is 18.6. The van der Waals surface area contributed by atoms with Crippen molar-refractivity contribution in [2.75, 3.05) is 6.61 Å². The van der Waals surface area contributed by atoms with Gasteiger partial charge in [-0.05, 0) is 80.2 Å². The summed E-state index contributed by atoms with van der Waals surface area (Å²) >= 11 is 0. The molecule has 2 aromatic rings. The standard InChI is InChI=1S/C27H33F3O/c1-3-5-11-31-22-14-21-15-23(28)25(27(30)26(21)24(29)16-22)20-10-9-18-12-17(6-4-2)7-8-19(18)13-20/h3,5,14-20H,4,6-13H2,1-2H3. The van der Waals surface area contributed by atoms with Crippen LogP contribution >= 0.6 is 0 Å². The Balaban J connectivity index is 1.58. The maximum atomic E-state index is 15.5. The first-order chi connectivity index (χ1) is 15.0. The molecule has 2 saturated carbocycles. The van der Waals surface area contributed by atoms with Gasteiger partial charge in [0.25, 0.3) is 0 Å². The maximum absolute atomic E-state index is 15.5. The highest BCUT2D eigenvalue weighted by molar-refractivity contribution is 5.86. The van der Waals surface area contributed by atoms with Gasteiger partial charge in [0.2, 0.25) is 0 Å². The molecule has 0 N–H and O–H groups in total. The van der Waals surface area contributed by atoms with Crippen LogP contribution in [0, 0.1) is 35.2 Å². The molecule has 1 nitrogen and oxygen atoms in total.